The van der Waals surface area contributed by atoms with Crippen LogP contribution in [0.3, 0.4) is 0 Å². The van der Waals surface area contributed by atoms with Crippen molar-refractivity contribution in [2.24, 2.45) is 0 Å². The lowest BCUT2D eigenvalue weighted by atomic mass is 10.1. The van der Waals surface area contributed by atoms with Gasteiger partial charge in [0, 0.05) is 0 Å². The predicted octanol–water partition coefficient (Wildman–Crippen LogP) is 1.00. The smallest absolute Gasteiger partial charge is 0.337 e. The molecule has 3 nitrogen and oxygen atoms in total. The van der Waals surface area contributed by atoms with E-state index in [-0.39, 0.29) is 18.4 Å². The SMILES string of the molecule is CC(C)=CC(=O)C=C1COC1=O. The minimum atomic E-state index is -0.384. The van der Waals surface area contributed by atoms with Crippen molar-refractivity contribution >= 4 is 11.8 Å². The Bertz CT molecular complexity index is 280. The Hall–Kier alpha value is -1.38. The second-order valence-electron chi connectivity index (χ2n) is 2.87. The normalized spacial score (nSPS) is 18.2. The molecule has 0 aromatic heterocycles. The maximum absolute atomic E-state index is 11.0. The van der Waals surface area contributed by atoms with Gasteiger partial charge in [0.2, 0.25) is 0 Å². The number of hydrogen-bond acceptors (Lipinski definition) is 3. The van der Waals surface area contributed by atoms with Crippen molar-refractivity contribution in [3.63, 3.8) is 0 Å². The van der Waals surface area contributed by atoms with Crippen molar-refractivity contribution in [3.8, 4) is 0 Å². The van der Waals surface area contributed by atoms with E-state index in [9.17, 15) is 9.59 Å². The van der Waals surface area contributed by atoms with Crippen molar-refractivity contribution in [2.45, 2.75) is 13.8 Å². The van der Waals surface area contributed by atoms with E-state index in [1.54, 1.807) is 0 Å². The molecule has 1 fully saturated rings. The Balaban J connectivity index is 2.62. The van der Waals surface area contributed by atoms with E-state index in [2.05, 4.69) is 4.74 Å². The van der Waals surface area contributed by atoms with E-state index in [1.165, 1.54) is 12.2 Å². The van der Waals surface area contributed by atoms with Crippen LogP contribution >= 0.6 is 0 Å². The van der Waals surface area contributed by atoms with Crippen LogP contribution in [0.15, 0.2) is 23.3 Å². The van der Waals surface area contributed by atoms with Gasteiger partial charge in [-0.25, -0.2) is 4.79 Å². The molecule has 0 aromatic carbocycles. The van der Waals surface area contributed by atoms with E-state index in [0.29, 0.717) is 5.57 Å². The van der Waals surface area contributed by atoms with E-state index in [1.807, 2.05) is 13.8 Å². The molecule has 0 radical (unpaired) electrons. The second kappa shape index (κ2) is 3.34. The third-order valence-corrected chi connectivity index (χ3v) is 1.37. The molecule has 0 bridgehead atoms. The molecule has 0 aromatic rings. The Morgan fingerprint density at radius 1 is 1.50 bits per heavy atom. The van der Waals surface area contributed by atoms with Crippen LogP contribution in [0, 0.1) is 0 Å². The highest BCUT2D eigenvalue weighted by Gasteiger charge is 2.22. The fourth-order valence-electron chi connectivity index (χ4n) is 0.813. The molecule has 1 rings (SSSR count). The first-order chi connectivity index (χ1) is 5.59. The number of cyclic esters (lactones) is 1. The summed E-state index contributed by atoms with van der Waals surface area (Å²) in [5, 5.41) is 0. The molecule has 0 aliphatic carbocycles. The third-order valence-electron chi connectivity index (χ3n) is 1.37. The minimum Gasteiger partial charge on any atom is -0.457 e. The summed E-state index contributed by atoms with van der Waals surface area (Å²) in [7, 11) is 0. The lowest BCUT2D eigenvalue weighted by Gasteiger charge is -2.15. The average molecular weight is 166 g/mol. The number of hydrogen-bond donors (Lipinski definition) is 0. The standard InChI is InChI=1S/C9H10O3/c1-6(2)3-8(10)4-7-5-12-9(7)11/h3-4H,5H2,1-2H3. The first-order valence-corrected chi connectivity index (χ1v) is 3.66. The van der Waals surface area contributed by atoms with E-state index in [4.69, 9.17) is 0 Å². The second-order valence-corrected chi connectivity index (χ2v) is 2.87. The molecule has 1 aliphatic rings. The lowest BCUT2D eigenvalue weighted by Crippen LogP contribution is -2.25. The zero-order chi connectivity index (χ0) is 9.14. The number of allylic oxidation sites excluding steroid dienone is 3. The zero-order valence-electron chi connectivity index (χ0n) is 7.09. The monoisotopic (exact) mass is 166 g/mol. The van der Waals surface area contributed by atoms with Gasteiger partial charge in [-0.1, -0.05) is 5.57 Å². The van der Waals surface area contributed by atoms with E-state index in [0.717, 1.165) is 5.57 Å². The molecule has 0 unspecified atom stereocenters. The topological polar surface area (TPSA) is 43.4 Å². The van der Waals surface area contributed by atoms with Crippen LogP contribution in [-0.4, -0.2) is 18.4 Å². The molecule has 0 saturated carbocycles. The van der Waals surface area contributed by atoms with Crippen molar-refractivity contribution in [2.75, 3.05) is 6.61 Å². The van der Waals surface area contributed by atoms with Crippen LogP contribution < -0.4 is 0 Å². The largest absolute Gasteiger partial charge is 0.457 e. The summed E-state index contributed by atoms with van der Waals surface area (Å²) in [5.74, 6) is -0.535. The van der Waals surface area contributed by atoms with Crippen LogP contribution in [0.25, 0.3) is 0 Å². The molecule has 3 heteroatoms. The molecule has 64 valence electrons. The fraction of sp³-hybridized carbons (Fsp3) is 0.333. The summed E-state index contributed by atoms with van der Waals surface area (Å²) in [6.07, 6.45) is 2.80. The Labute approximate surface area is 70.7 Å². The van der Waals surface area contributed by atoms with Crippen molar-refractivity contribution in [1.82, 2.24) is 0 Å². The van der Waals surface area contributed by atoms with Crippen LogP contribution in [0.2, 0.25) is 0 Å². The first-order valence-electron chi connectivity index (χ1n) is 3.66. The highest BCUT2D eigenvalue weighted by atomic mass is 16.6. The van der Waals surface area contributed by atoms with Crippen molar-refractivity contribution in [3.05, 3.63) is 23.3 Å². The van der Waals surface area contributed by atoms with Crippen LogP contribution in [0.1, 0.15) is 13.8 Å². The Morgan fingerprint density at radius 2 is 2.17 bits per heavy atom. The third kappa shape index (κ3) is 2.05. The summed E-state index contributed by atoms with van der Waals surface area (Å²) in [4.78, 5) is 21.6. The van der Waals surface area contributed by atoms with Crippen molar-refractivity contribution in [1.29, 1.82) is 0 Å². The van der Waals surface area contributed by atoms with Crippen LogP contribution in [0.5, 0.6) is 0 Å². The Kier molecular flexibility index (Phi) is 2.43. The van der Waals surface area contributed by atoms with Gasteiger partial charge in [-0.15, -0.1) is 0 Å². The molecule has 0 spiro atoms. The van der Waals surface area contributed by atoms with Gasteiger partial charge in [-0.05, 0) is 26.0 Å². The maximum Gasteiger partial charge on any atom is 0.337 e. The molecule has 0 N–H and O–H groups in total. The van der Waals surface area contributed by atoms with E-state index < -0.39 is 0 Å². The molecular formula is C9H10O3. The van der Waals surface area contributed by atoms with Gasteiger partial charge in [0.15, 0.2) is 5.78 Å². The Morgan fingerprint density at radius 3 is 2.50 bits per heavy atom. The van der Waals surface area contributed by atoms with Gasteiger partial charge in [0.1, 0.15) is 6.61 Å². The minimum absolute atomic E-state index is 0.151. The van der Waals surface area contributed by atoms with Crippen LogP contribution in [0.4, 0.5) is 0 Å². The maximum atomic E-state index is 11.0. The van der Waals surface area contributed by atoms with Gasteiger partial charge in [-0.3, -0.25) is 4.79 Å². The predicted molar refractivity (Wildman–Crippen MR) is 43.5 cm³/mol. The fourth-order valence-corrected chi connectivity index (χ4v) is 0.813. The molecule has 0 amide bonds. The summed E-state index contributed by atoms with van der Waals surface area (Å²) in [6.45, 7) is 3.92. The highest BCUT2D eigenvalue weighted by molar-refractivity contribution is 6.07. The summed E-state index contributed by atoms with van der Waals surface area (Å²) < 4.78 is 4.47. The summed E-state index contributed by atoms with van der Waals surface area (Å²) in [5.41, 5.74) is 1.38. The molecule has 1 aliphatic heterocycles. The number of ether oxygens (including phenoxy) is 1. The van der Waals surface area contributed by atoms with Gasteiger partial charge < -0.3 is 4.74 Å². The number of ketones is 1. The molecule has 12 heavy (non-hydrogen) atoms. The van der Waals surface area contributed by atoms with E-state index >= 15 is 0 Å². The molecule has 0 atom stereocenters. The quantitative estimate of drug-likeness (QED) is 0.454. The van der Waals surface area contributed by atoms with Gasteiger partial charge in [0.05, 0.1) is 5.57 Å². The van der Waals surface area contributed by atoms with Gasteiger partial charge >= 0.3 is 5.97 Å². The summed E-state index contributed by atoms with van der Waals surface area (Å²) in [6, 6.07) is 0. The number of carbonyl (C=O) groups is 2. The van der Waals surface area contributed by atoms with Crippen molar-refractivity contribution < 1.29 is 14.3 Å². The van der Waals surface area contributed by atoms with Gasteiger partial charge in [-0.2, -0.15) is 0 Å². The summed E-state index contributed by atoms with van der Waals surface area (Å²) >= 11 is 0. The number of esters is 1. The average Bonchev–Trinajstić information content (AvgIpc) is 1.96. The number of carbonyl (C=O) groups excluding carboxylic acids is 2. The van der Waals surface area contributed by atoms with Crippen LogP contribution in [-0.2, 0) is 14.3 Å². The first kappa shape index (κ1) is 8.71. The zero-order valence-corrected chi connectivity index (χ0v) is 7.09. The lowest BCUT2D eigenvalue weighted by molar-refractivity contribution is -0.147. The molecular weight excluding hydrogens is 156 g/mol. The highest BCUT2D eigenvalue weighted by Crippen LogP contribution is 2.10. The molecule has 1 saturated heterocycles. The molecule has 1 heterocycles. The van der Waals surface area contributed by atoms with Gasteiger partial charge in [0.25, 0.3) is 0 Å². The number of rotatable bonds is 2.